The number of benzene rings is 1. The fraction of sp³-hybridized carbons (Fsp3) is 0.708. The molecule has 3 nitrogen and oxygen atoms in total. The highest BCUT2D eigenvalue weighted by atomic mass is 16.5. The Morgan fingerprint density at radius 1 is 0.815 bits per heavy atom. The van der Waals surface area contributed by atoms with E-state index in [9.17, 15) is 4.79 Å². The van der Waals surface area contributed by atoms with Crippen LogP contribution < -0.4 is 4.74 Å². The van der Waals surface area contributed by atoms with Crippen LogP contribution in [0, 0.1) is 0 Å². The number of aliphatic imine (C=N–C) groups is 1. The van der Waals surface area contributed by atoms with Crippen molar-refractivity contribution >= 4 is 11.8 Å². The Morgan fingerprint density at radius 2 is 1.37 bits per heavy atom. The first-order chi connectivity index (χ1) is 13.3. The van der Waals surface area contributed by atoms with Crippen molar-refractivity contribution in [3.05, 3.63) is 23.8 Å². The predicted octanol–water partition coefficient (Wildman–Crippen LogP) is 7.69. The van der Waals surface area contributed by atoms with Crippen LogP contribution in [0.3, 0.4) is 0 Å². The van der Waals surface area contributed by atoms with E-state index in [1.807, 2.05) is 25.1 Å². The number of hydrogen-bond donors (Lipinski definition) is 0. The van der Waals surface area contributed by atoms with E-state index in [1.165, 1.54) is 77.0 Å². The van der Waals surface area contributed by atoms with Crippen LogP contribution in [0.2, 0.25) is 0 Å². The summed E-state index contributed by atoms with van der Waals surface area (Å²) >= 11 is 0. The molecule has 0 unspecified atom stereocenters. The van der Waals surface area contributed by atoms with E-state index in [0.717, 1.165) is 24.2 Å². The predicted molar refractivity (Wildman–Crippen MR) is 115 cm³/mol. The summed E-state index contributed by atoms with van der Waals surface area (Å²) in [6.07, 6.45) is 20.1. The maximum absolute atomic E-state index is 10.7. The van der Waals surface area contributed by atoms with Gasteiger partial charge < -0.3 is 4.74 Å². The molecule has 0 aromatic heterocycles. The second kappa shape index (κ2) is 16.6. The van der Waals surface area contributed by atoms with Crippen LogP contribution in [0.25, 0.3) is 0 Å². The third kappa shape index (κ3) is 11.0. The van der Waals surface area contributed by atoms with E-state index in [2.05, 4.69) is 11.9 Å². The molecule has 0 aliphatic carbocycles. The molecular weight excluding hydrogens is 334 g/mol. The Kier molecular flexibility index (Phi) is 14.4. The Balaban J connectivity index is 2.14. The molecule has 0 heterocycles. The lowest BCUT2D eigenvalue weighted by Gasteiger charge is -2.12. The summed E-state index contributed by atoms with van der Waals surface area (Å²) in [5.41, 5.74) is 1.75. The van der Waals surface area contributed by atoms with E-state index >= 15 is 0 Å². The van der Waals surface area contributed by atoms with Gasteiger partial charge in [-0.25, -0.2) is 4.79 Å². The second-order valence-electron chi connectivity index (χ2n) is 7.38. The normalized spacial score (nSPS) is 10.6. The molecule has 0 amide bonds. The van der Waals surface area contributed by atoms with Crippen LogP contribution in [0.5, 0.6) is 5.75 Å². The van der Waals surface area contributed by atoms with Gasteiger partial charge in [0.25, 0.3) is 0 Å². The minimum absolute atomic E-state index is 0.625. The lowest BCUT2D eigenvalue weighted by atomic mass is 10.0. The maximum atomic E-state index is 10.7. The molecule has 152 valence electrons. The minimum Gasteiger partial charge on any atom is -0.494 e. The number of ether oxygens (including phenoxy) is 1. The van der Waals surface area contributed by atoms with Crippen LogP contribution >= 0.6 is 0 Å². The Bertz CT molecular complexity index is 535. The average molecular weight is 374 g/mol. The molecule has 1 aromatic rings. The maximum Gasteiger partial charge on any atom is 0.240 e. The van der Waals surface area contributed by atoms with Crippen molar-refractivity contribution in [1.29, 1.82) is 0 Å². The molecule has 0 atom stereocenters. The van der Waals surface area contributed by atoms with Gasteiger partial charge in [0, 0.05) is 5.56 Å². The fourth-order valence-corrected chi connectivity index (χ4v) is 3.57. The van der Waals surface area contributed by atoms with Crippen molar-refractivity contribution in [1.82, 2.24) is 0 Å². The smallest absolute Gasteiger partial charge is 0.240 e. The SMILES string of the molecule is CCCCCCCCCCCCCCCc1c(N=C=O)cccc1OCC. The van der Waals surface area contributed by atoms with Gasteiger partial charge in [0.05, 0.1) is 12.3 Å². The molecule has 0 aliphatic heterocycles. The van der Waals surface area contributed by atoms with Crippen molar-refractivity contribution < 1.29 is 9.53 Å². The van der Waals surface area contributed by atoms with Gasteiger partial charge in [0.2, 0.25) is 6.08 Å². The molecule has 0 fully saturated rings. The number of hydrogen-bond acceptors (Lipinski definition) is 3. The number of carbonyl (C=O) groups excluding carboxylic acids is 1. The van der Waals surface area contributed by atoms with Gasteiger partial charge in [-0.15, -0.1) is 0 Å². The summed E-state index contributed by atoms with van der Waals surface area (Å²) in [5.74, 6) is 0.855. The number of unbranched alkanes of at least 4 members (excludes halogenated alkanes) is 12. The fourth-order valence-electron chi connectivity index (χ4n) is 3.57. The quantitative estimate of drug-likeness (QED) is 0.159. The molecule has 0 bridgehead atoms. The van der Waals surface area contributed by atoms with Crippen LogP contribution in [0.4, 0.5) is 5.69 Å². The molecule has 1 aromatic carbocycles. The van der Waals surface area contributed by atoms with E-state index < -0.39 is 0 Å². The lowest BCUT2D eigenvalue weighted by molar-refractivity contribution is 0.336. The van der Waals surface area contributed by atoms with E-state index in [1.54, 1.807) is 6.08 Å². The van der Waals surface area contributed by atoms with E-state index in [0.29, 0.717) is 12.3 Å². The monoisotopic (exact) mass is 373 g/mol. The Hall–Kier alpha value is -1.60. The summed E-state index contributed by atoms with van der Waals surface area (Å²) in [6.45, 7) is 4.88. The molecule has 27 heavy (non-hydrogen) atoms. The molecule has 0 saturated heterocycles. The van der Waals surface area contributed by atoms with Gasteiger partial charge in [0.15, 0.2) is 0 Å². The molecule has 1 rings (SSSR count). The summed E-state index contributed by atoms with van der Waals surface area (Å²) in [4.78, 5) is 14.5. The van der Waals surface area contributed by atoms with Crippen molar-refractivity contribution in [2.75, 3.05) is 6.61 Å². The number of rotatable bonds is 17. The average Bonchev–Trinajstić information content (AvgIpc) is 2.67. The highest BCUT2D eigenvalue weighted by molar-refractivity contribution is 5.58. The molecule has 3 heteroatoms. The van der Waals surface area contributed by atoms with Crippen molar-refractivity contribution in [2.45, 2.75) is 104 Å². The first-order valence-electron chi connectivity index (χ1n) is 11.2. The van der Waals surface area contributed by atoms with Crippen molar-refractivity contribution in [2.24, 2.45) is 4.99 Å². The van der Waals surface area contributed by atoms with Crippen molar-refractivity contribution in [3.8, 4) is 5.75 Å². The molecule has 0 radical (unpaired) electrons. The standard InChI is InChI=1S/C24H39NO2/c1-3-5-6-7-8-9-10-11-12-13-14-15-16-18-22-23(25-21-26)19-17-20-24(22)27-4-2/h17,19-20H,3-16,18H2,1-2H3. The van der Waals surface area contributed by atoms with Crippen LogP contribution in [0.15, 0.2) is 23.2 Å². The highest BCUT2D eigenvalue weighted by Crippen LogP contribution is 2.30. The third-order valence-corrected chi connectivity index (χ3v) is 5.10. The van der Waals surface area contributed by atoms with E-state index in [4.69, 9.17) is 4.74 Å². The third-order valence-electron chi connectivity index (χ3n) is 5.10. The Morgan fingerprint density at radius 3 is 1.89 bits per heavy atom. The zero-order chi connectivity index (χ0) is 19.6. The summed E-state index contributed by atoms with van der Waals surface area (Å²) in [6, 6.07) is 5.71. The topological polar surface area (TPSA) is 38.7 Å². The summed E-state index contributed by atoms with van der Waals surface area (Å²) < 4.78 is 5.70. The number of isocyanates is 1. The van der Waals surface area contributed by atoms with Crippen LogP contribution in [0.1, 0.15) is 103 Å². The lowest BCUT2D eigenvalue weighted by Crippen LogP contribution is -1.97. The van der Waals surface area contributed by atoms with Gasteiger partial charge in [-0.05, 0) is 31.9 Å². The molecule has 0 spiro atoms. The van der Waals surface area contributed by atoms with Gasteiger partial charge in [-0.2, -0.15) is 4.99 Å². The first-order valence-corrected chi connectivity index (χ1v) is 11.2. The van der Waals surface area contributed by atoms with Gasteiger partial charge in [0.1, 0.15) is 5.75 Å². The first kappa shape index (κ1) is 23.4. The van der Waals surface area contributed by atoms with Crippen molar-refractivity contribution in [3.63, 3.8) is 0 Å². The zero-order valence-electron chi connectivity index (χ0n) is 17.6. The largest absolute Gasteiger partial charge is 0.494 e. The zero-order valence-corrected chi connectivity index (χ0v) is 17.6. The summed E-state index contributed by atoms with van der Waals surface area (Å²) in [5, 5.41) is 0. The number of nitrogens with zero attached hydrogens (tertiary/aromatic N) is 1. The Labute approximate surface area is 166 Å². The van der Waals surface area contributed by atoms with Crippen LogP contribution in [-0.2, 0) is 11.2 Å². The highest BCUT2D eigenvalue weighted by Gasteiger charge is 2.09. The summed E-state index contributed by atoms with van der Waals surface area (Å²) in [7, 11) is 0. The van der Waals surface area contributed by atoms with E-state index in [-0.39, 0.29) is 0 Å². The van der Waals surface area contributed by atoms with Gasteiger partial charge >= 0.3 is 0 Å². The molecular formula is C24H39NO2. The molecule has 0 N–H and O–H groups in total. The molecule has 0 aliphatic rings. The van der Waals surface area contributed by atoms with Gasteiger partial charge in [-0.3, -0.25) is 0 Å². The van der Waals surface area contributed by atoms with Gasteiger partial charge in [-0.1, -0.05) is 90.0 Å². The van der Waals surface area contributed by atoms with Crippen LogP contribution in [-0.4, -0.2) is 12.7 Å². The minimum atomic E-state index is 0.625. The molecule has 0 saturated carbocycles. The second-order valence-corrected chi connectivity index (χ2v) is 7.38.